The van der Waals surface area contributed by atoms with Gasteiger partial charge in [0.1, 0.15) is 11.6 Å². The lowest BCUT2D eigenvalue weighted by molar-refractivity contribution is -0.384. The third-order valence-electron chi connectivity index (χ3n) is 4.33. The molecule has 11 heteroatoms. The Morgan fingerprint density at radius 1 is 1.23 bits per heavy atom. The number of aromatic nitrogens is 3. The summed E-state index contributed by atoms with van der Waals surface area (Å²) in [6, 6.07) is 10.7. The molecule has 0 fully saturated rings. The van der Waals surface area contributed by atoms with Crippen molar-refractivity contribution in [3.63, 3.8) is 0 Å². The molecule has 162 valence electrons. The van der Waals surface area contributed by atoms with E-state index in [1.807, 2.05) is 11.6 Å². The van der Waals surface area contributed by atoms with Crippen LogP contribution in [0, 0.1) is 10.1 Å². The largest absolute Gasteiger partial charge is 0.492 e. The number of hydrogen-bond acceptors (Lipinski definition) is 7. The molecule has 1 heterocycles. The molecule has 1 aromatic heterocycles. The molecule has 31 heavy (non-hydrogen) atoms. The highest BCUT2D eigenvalue weighted by Crippen LogP contribution is 2.27. The molecule has 0 aliphatic rings. The van der Waals surface area contributed by atoms with Crippen molar-refractivity contribution in [1.29, 1.82) is 0 Å². The fourth-order valence-electron chi connectivity index (χ4n) is 2.70. The summed E-state index contributed by atoms with van der Waals surface area (Å²) in [5, 5.41) is 20.8. The van der Waals surface area contributed by atoms with Gasteiger partial charge < -0.3 is 9.30 Å². The number of nitro groups is 1. The SMILES string of the molecule is Cn1c(CCCOc2ccc(Cl)cc2Cl)nnc1SCC(=O)c1cccc([N+](=O)[O-])c1. The van der Waals surface area contributed by atoms with Crippen LogP contribution >= 0.6 is 35.0 Å². The van der Waals surface area contributed by atoms with Gasteiger partial charge in [-0.3, -0.25) is 14.9 Å². The van der Waals surface area contributed by atoms with Gasteiger partial charge in [0.05, 0.1) is 22.3 Å². The first-order chi connectivity index (χ1) is 14.8. The predicted molar refractivity (Wildman–Crippen MR) is 119 cm³/mol. The Bertz CT molecular complexity index is 1110. The number of halogens is 2. The molecule has 0 unspecified atom stereocenters. The van der Waals surface area contributed by atoms with Crippen LogP contribution in [0.5, 0.6) is 5.75 Å². The molecule has 2 aromatic carbocycles. The molecule has 0 aliphatic carbocycles. The molecule has 0 aliphatic heterocycles. The highest BCUT2D eigenvalue weighted by Gasteiger charge is 2.15. The van der Waals surface area contributed by atoms with E-state index in [1.165, 1.54) is 30.0 Å². The van der Waals surface area contributed by atoms with Crippen LogP contribution in [0.15, 0.2) is 47.6 Å². The molecular formula is C20H18Cl2N4O4S. The van der Waals surface area contributed by atoms with E-state index in [1.54, 1.807) is 24.3 Å². The van der Waals surface area contributed by atoms with Crippen LogP contribution in [0.25, 0.3) is 0 Å². The smallest absolute Gasteiger partial charge is 0.270 e. The van der Waals surface area contributed by atoms with E-state index in [9.17, 15) is 14.9 Å². The van der Waals surface area contributed by atoms with E-state index in [0.29, 0.717) is 46.0 Å². The van der Waals surface area contributed by atoms with Crippen LogP contribution in [0.3, 0.4) is 0 Å². The standard InChI is InChI=1S/C20H18Cl2N4O4S/c1-25-19(6-3-9-30-18-8-7-14(21)11-16(18)22)23-24-20(25)31-12-17(27)13-4-2-5-15(10-13)26(28)29/h2,4-5,7-8,10-11H,3,6,9,12H2,1H3. The van der Waals surface area contributed by atoms with Crippen LogP contribution in [-0.4, -0.2) is 37.8 Å². The van der Waals surface area contributed by atoms with Crippen LogP contribution in [0.2, 0.25) is 10.0 Å². The average Bonchev–Trinajstić information content (AvgIpc) is 3.10. The van der Waals surface area contributed by atoms with Gasteiger partial charge in [-0.15, -0.1) is 10.2 Å². The van der Waals surface area contributed by atoms with Crippen LogP contribution in [0.4, 0.5) is 5.69 Å². The summed E-state index contributed by atoms with van der Waals surface area (Å²) in [7, 11) is 1.83. The molecule has 0 radical (unpaired) electrons. The topological polar surface area (TPSA) is 100 Å². The minimum absolute atomic E-state index is 0.102. The number of nitro benzene ring substituents is 1. The molecule has 0 N–H and O–H groups in total. The van der Waals surface area contributed by atoms with Crippen molar-refractivity contribution in [3.8, 4) is 5.75 Å². The third kappa shape index (κ3) is 6.19. The summed E-state index contributed by atoms with van der Waals surface area (Å²) in [6.07, 6.45) is 1.33. The van der Waals surface area contributed by atoms with Crippen molar-refractivity contribution in [2.24, 2.45) is 7.05 Å². The van der Waals surface area contributed by atoms with Crippen molar-refractivity contribution in [3.05, 3.63) is 74.0 Å². The molecule has 0 saturated carbocycles. The Balaban J connectivity index is 1.50. The summed E-state index contributed by atoms with van der Waals surface area (Å²) in [6.45, 7) is 0.446. The maximum Gasteiger partial charge on any atom is 0.270 e. The van der Waals surface area contributed by atoms with E-state index < -0.39 is 4.92 Å². The van der Waals surface area contributed by atoms with E-state index in [0.717, 1.165) is 5.82 Å². The Labute approximate surface area is 192 Å². The van der Waals surface area contributed by atoms with Gasteiger partial charge in [-0.05, 0) is 24.6 Å². The minimum atomic E-state index is -0.524. The van der Waals surface area contributed by atoms with Gasteiger partial charge in [-0.1, -0.05) is 47.1 Å². The number of benzene rings is 2. The number of rotatable bonds is 10. The second-order valence-electron chi connectivity index (χ2n) is 6.50. The second kappa shape index (κ2) is 10.6. The van der Waals surface area contributed by atoms with Crippen molar-refractivity contribution < 1.29 is 14.5 Å². The first kappa shape index (κ1) is 23.1. The summed E-state index contributed by atoms with van der Waals surface area (Å²) in [5.41, 5.74) is 0.181. The average molecular weight is 481 g/mol. The zero-order chi connectivity index (χ0) is 22.4. The molecule has 0 spiro atoms. The summed E-state index contributed by atoms with van der Waals surface area (Å²) in [5.74, 6) is 1.22. The van der Waals surface area contributed by atoms with Crippen molar-refractivity contribution in [2.75, 3.05) is 12.4 Å². The number of thioether (sulfide) groups is 1. The molecule has 0 atom stereocenters. The van der Waals surface area contributed by atoms with Gasteiger partial charge in [0, 0.05) is 36.2 Å². The monoisotopic (exact) mass is 480 g/mol. The molecule has 8 nitrogen and oxygen atoms in total. The lowest BCUT2D eigenvalue weighted by atomic mass is 10.1. The number of nitrogens with zero attached hydrogens (tertiary/aromatic N) is 4. The fraction of sp³-hybridized carbons (Fsp3) is 0.250. The first-order valence-corrected chi connectivity index (χ1v) is 11.0. The normalized spacial score (nSPS) is 10.8. The van der Waals surface area contributed by atoms with E-state index in [2.05, 4.69) is 10.2 Å². The number of hydrogen-bond donors (Lipinski definition) is 0. The van der Waals surface area contributed by atoms with Gasteiger partial charge in [-0.25, -0.2) is 0 Å². The molecule has 0 amide bonds. The third-order valence-corrected chi connectivity index (χ3v) is 5.88. The Kier molecular flexibility index (Phi) is 7.89. The maximum absolute atomic E-state index is 12.4. The van der Waals surface area contributed by atoms with Crippen LogP contribution in [0.1, 0.15) is 22.6 Å². The number of Topliss-reactive ketones (excluding diaryl/α,β-unsaturated/α-hetero) is 1. The Morgan fingerprint density at radius 2 is 2.03 bits per heavy atom. The number of carbonyl (C=O) groups is 1. The number of ether oxygens (including phenoxy) is 1. The van der Waals surface area contributed by atoms with Gasteiger partial charge >= 0.3 is 0 Å². The number of ketones is 1. The van der Waals surface area contributed by atoms with E-state index >= 15 is 0 Å². The highest BCUT2D eigenvalue weighted by atomic mass is 35.5. The summed E-state index contributed by atoms with van der Waals surface area (Å²) < 4.78 is 7.49. The zero-order valence-corrected chi connectivity index (χ0v) is 18.8. The summed E-state index contributed by atoms with van der Waals surface area (Å²) >= 11 is 13.2. The number of aryl methyl sites for hydroxylation is 1. The lowest BCUT2D eigenvalue weighted by Gasteiger charge is -2.08. The quantitative estimate of drug-likeness (QED) is 0.132. The lowest BCUT2D eigenvalue weighted by Crippen LogP contribution is -2.06. The highest BCUT2D eigenvalue weighted by molar-refractivity contribution is 7.99. The first-order valence-electron chi connectivity index (χ1n) is 9.21. The molecule has 3 rings (SSSR count). The van der Waals surface area contributed by atoms with E-state index in [4.69, 9.17) is 27.9 Å². The molecule has 3 aromatic rings. The fourth-order valence-corrected chi connectivity index (χ4v) is 3.99. The Morgan fingerprint density at radius 3 is 2.77 bits per heavy atom. The molecule has 0 saturated heterocycles. The predicted octanol–water partition coefficient (Wildman–Crippen LogP) is 5.02. The number of carbonyl (C=O) groups excluding carboxylic acids is 1. The van der Waals surface area contributed by atoms with Crippen LogP contribution < -0.4 is 4.74 Å². The maximum atomic E-state index is 12.4. The summed E-state index contributed by atoms with van der Waals surface area (Å²) in [4.78, 5) is 22.7. The van der Waals surface area contributed by atoms with Gasteiger partial charge in [0.2, 0.25) is 0 Å². The van der Waals surface area contributed by atoms with Gasteiger partial charge in [0.25, 0.3) is 5.69 Å². The van der Waals surface area contributed by atoms with Crippen molar-refractivity contribution in [1.82, 2.24) is 14.8 Å². The van der Waals surface area contributed by atoms with Gasteiger partial charge in [-0.2, -0.15) is 0 Å². The number of non-ortho nitro benzene ring substituents is 1. The minimum Gasteiger partial charge on any atom is -0.492 e. The van der Waals surface area contributed by atoms with Gasteiger partial charge in [0.15, 0.2) is 10.9 Å². The van der Waals surface area contributed by atoms with Crippen LogP contribution in [-0.2, 0) is 13.5 Å². The Hall–Kier alpha value is -2.62. The second-order valence-corrected chi connectivity index (χ2v) is 8.29. The zero-order valence-electron chi connectivity index (χ0n) is 16.5. The van der Waals surface area contributed by atoms with E-state index in [-0.39, 0.29) is 17.2 Å². The molecular weight excluding hydrogens is 463 g/mol. The van der Waals surface area contributed by atoms with Crippen molar-refractivity contribution >= 4 is 46.4 Å². The van der Waals surface area contributed by atoms with Crippen molar-refractivity contribution in [2.45, 2.75) is 18.0 Å². The molecule has 0 bridgehead atoms.